The number of amides is 1. The van der Waals surface area contributed by atoms with Crippen molar-refractivity contribution in [1.82, 2.24) is 5.32 Å². The second-order valence-corrected chi connectivity index (χ2v) is 9.57. The number of carboxylic acid groups (broad SMARTS) is 1. The molecule has 158 valence electrons. The van der Waals surface area contributed by atoms with E-state index in [1.54, 1.807) is 6.07 Å². The van der Waals surface area contributed by atoms with E-state index in [-0.39, 0.29) is 29.8 Å². The molecular weight excluding hydrogens is 394 g/mol. The summed E-state index contributed by atoms with van der Waals surface area (Å²) in [5.74, 6) is -1.15. The predicted octanol–water partition coefficient (Wildman–Crippen LogP) is 3.79. The molecule has 2 bridgehead atoms. The van der Waals surface area contributed by atoms with Gasteiger partial charge in [-0.25, -0.2) is 0 Å². The van der Waals surface area contributed by atoms with E-state index in [0.29, 0.717) is 28.7 Å². The van der Waals surface area contributed by atoms with Crippen LogP contribution < -0.4 is 10.1 Å². The molecule has 6 nitrogen and oxygen atoms in total. The summed E-state index contributed by atoms with van der Waals surface area (Å²) in [4.78, 5) is 23.2. The van der Waals surface area contributed by atoms with Crippen LogP contribution in [0.25, 0.3) is 0 Å². The quantitative estimate of drug-likeness (QED) is 0.699. The Hall–Kier alpha value is -1.79. The van der Waals surface area contributed by atoms with Crippen molar-refractivity contribution >= 4 is 23.5 Å². The Balaban J connectivity index is 1.46. The maximum Gasteiger partial charge on any atom is 0.307 e. The number of hydrogen-bond acceptors (Lipinski definition) is 4. The molecule has 1 saturated carbocycles. The van der Waals surface area contributed by atoms with Crippen LogP contribution in [-0.4, -0.2) is 34.3 Å². The fourth-order valence-electron chi connectivity index (χ4n) is 4.77. The molecule has 2 aliphatic heterocycles. The Morgan fingerprint density at radius 1 is 1.34 bits per heavy atom. The molecule has 1 aromatic carbocycles. The van der Waals surface area contributed by atoms with E-state index < -0.39 is 17.8 Å². The standard InChI is InChI=1S/C22H28ClNO5/c1-12(2)22-8-7-21(3,29-22)18(10-22)28-17-6-4-5-16(23)15(17)11-24-19(25)13-9-14(13)20(26)27/h4-6,12-14,18H,7-11H2,1-3H3,(H,24,25)(H,26,27)/t13-,14-,18-,21-,22+/m1/s1. The number of benzene rings is 1. The van der Waals surface area contributed by atoms with Crippen molar-refractivity contribution in [3.05, 3.63) is 28.8 Å². The van der Waals surface area contributed by atoms with Crippen LogP contribution in [0.4, 0.5) is 0 Å². The number of carbonyl (C=O) groups is 2. The number of hydrogen-bond donors (Lipinski definition) is 2. The van der Waals surface area contributed by atoms with Crippen molar-refractivity contribution in [2.45, 2.75) is 70.3 Å². The van der Waals surface area contributed by atoms with Crippen molar-refractivity contribution in [2.75, 3.05) is 0 Å². The molecule has 4 rings (SSSR count). The zero-order valence-corrected chi connectivity index (χ0v) is 17.8. The summed E-state index contributed by atoms with van der Waals surface area (Å²) in [6, 6.07) is 5.46. The van der Waals surface area contributed by atoms with Gasteiger partial charge in [0.1, 0.15) is 17.5 Å². The first-order valence-corrected chi connectivity index (χ1v) is 10.7. The van der Waals surface area contributed by atoms with E-state index in [0.717, 1.165) is 19.3 Å². The first-order valence-electron chi connectivity index (χ1n) is 10.3. The summed E-state index contributed by atoms with van der Waals surface area (Å²) in [7, 11) is 0. The third-order valence-electron chi connectivity index (χ3n) is 6.97. The monoisotopic (exact) mass is 421 g/mol. The van der Waals surface area contributed by atoms with Gasteiger partial charge in [-0.15, -0.1) is 0 Å². The number of ether oxygens (including phenoxy) is 2. The zero-order chi connectivity index (χ0) is 21.0. The highest BCUT2D eigenvalue weighted by Gasteiger charge is 2.61. The summed E-state index contributed by atoms with van der Waals surface area (Å²) in [5.41, 5.74) is 0.250. The Labute approximate surface area is 175 Å². The van der Waals surface area contributed by atoms with Crippen molar-refractivity contribution in [3.8, 4) is 5.75 Å². The lowest BCUT2D eigenvalue weighted by atomic mass is 9.75. The number of nitrogens with one attached hydrogen (secondary N) is 1. The fourth-order valence-corrected chi connectivity index (χ4v) is 5.01. The predicted molar refractivity (Wildman–Crippen MR) is 108 cm³/mol. The number of halogens is 1. The highest BCUT2D eigenvalue weighted by atomic mass is 35.5. The molecule has 0 radical (unpaired) electrons. The van der Waals surface area contributed by atoms with Gasteiger partial charge < -0.3 is 19.9 Å². The number of carboxylic acids is 1. The Kier molecular flexibility index (Phi) is 5.06. The van der Waals surface area contributed by atoms with Gasteiger partial charge in [-0.2, -0.15) is 0 Å². The van der Waals surface area contributed by atoms with Gasteiger partial charge in [0.2, 0.25) is 5.91 Å². The van der Waals surface area contributed by atoms with E-state index >= 15 is 0 Å². The lowest BCUT2D eigenvalue weighted by molar-refractivity contribution is -0.140. The Bertz CT molecular complexity index is 842. The normalized spacial score (nSPS) is 35.0. The number of carbonyl (C=O) groups excluding carboxylic acids is 1. The topological polar surface area (TPSA) is 84.9 Å². The van der Waals surface area contributed by atoms with E-state index in [9.17, 15) is 9.59 Å². The fraction of sp³-hybridized carbons (Fsp3) is 0.636. The minimum atomic E-state index is -0.921. The number of rotatable bonds is 7. The summed E-state index contributed by atoms with van der Waals surface area (Å²) in [6.45, 7) is 6.70. The Morgan fingerprint density at radius 2 is 2.10 bits per heavy atom. The molecule has 2 saturated heterocycles. The second-order valence-electron chi connectivity index (χ2n) is 9.17. The zero-order valence-electron chi connectivity index (χ0n) is 17.0. The van der Waals surface area contributed by atoms with Crippen molar-refractivity contribution < 1.29 is 24.2 Å². The van der Waals surface area contributed by atoms with Crippen LogP contribution in [0.5, 0.6) is 5.75 Å². The van der Waals surface area contributed by atoms with Crippen LogP contribution in [0, 0.1) is 17.8 Å². The van der Waals surface area contributed by atoms with Crippen LogP contribution in [0.1, 0.15) is 52.0 Å². The first kappa shape index (κ1) is 20.5. The maximum atomic E-state index is 12.3. The molecule has 3 aliphatic rings. The van der Waals surface area contributed by atoms with Gasteiger partial charge in [0.05, 0.1) is 17.4 Å². The summed E-state index contributed by atoms with van der Waals surface area (Å²) >= 11 is 6.41. The van der Waals surface area contributed by atoms with Crippen LogP contribution in [0.15, 0.2) is 18.2 Å². The smallest absolute Gasteiger partial charge is 0.307 e. The molecule has 0 aromatic heterocycles. The Morgan fingerprint density at radius 3 is 2.72 bits per heavy atom. The lowest BCUT2D eigenvalue weighted by Gasteiger charge is -2.32. The maximum absolute atomic E-state index is 12.3. The van der Waals surface area contributed by atoms with E-state index in [4.69, 9.17) is 26.2 Å². The summed E-state index contributed by atoms with van der Waals surface area (Å²) in [6.07, 6.45) is 3.16. The molecule has 7 heteroatoms. The SMILES string of the molecule is CC(C)[C@@]12CC[C@@](C)(O1)[C@H](Oc1cccc(Cl)c1CNC(=O)[C@@H]1C[C@H]1C(=O)O)C2. The van der Waals surface area contributed by atoms with Gasteiger partial charge in [0, 0.05) is 23.6 Å². The molecule has 5 atom stereocenters. The minimum Gasteiger partial charge on any atom is -0.487 e. The molecule has 0 unspecified atom stereocenters. The van der Waals surface area contributed by atoms with Crippen molar-refractivity contribution in [3.63, 3.8) is 0 Å². The van der Waals surface area contributed by atoms with Crippen molar-refractivity contribution in [1.29, 1.82) is 0 Å². The van der Waals surface area contributed by atoms with E-state index in [1.807, 2.05) is 12.1 Å². The average Bonchev–Trinajstić information content (AvgIpc) is 3.32. The highest BCUT2D eigenvalue weighted by Crippen LogP contribution is 2.55. The van der Waals surface area contributed by atoms with Gasteiger partial charge in [0.15, 0.2) is 0 Å². The molecule has 0 spiro atoms. The summed E-state index contributed by atoms with van der Waals surface area (Å²) < 4.78 is 12.9. The first-order chi connectivity index (χ1) is 13.7. The minimum absolute atomic E-state index is 0.0774. The largest absolute Gasteiger partial charge is 0.487 e. The van der Waals surface area contributed by atoms with Crippen LogP contribution in [0.3, 0.4) is 0 Å². The number of aliphatic carboxylic acids is 1. The molecule has 3 fully saturated rings. The third kappa shape index (κ3) is 3.61. The van der Waals surface area contributed by atoms with E-state index in [2.05, 4.69) is 26.1 Å². The average molecular weight is 422 g/mol. The molecular formula is C22H28ClNO5. The molecule has 1 amide bonds. The van der Waals surface area contributed by atoms with Crippen LogP contribution >= 0.6 is 11.6 Å². The van der Waals surface area contributed by atoms with Crippen LogP contribution in [0.2, 0.25) is 5.02 Å². The van der Waals surface area contributed by atoms with Gasteiger partial charge in [-0.1, -0.05) is 31.5 Å². The molecule has 1 aliphatic carbocycles. The van der Waals surface area contributed by atoms with Crippen molar-refractivity contribution in [2.24, 2.45) is 17.8 Å². The molecule has 2 N–H and O–H groups in total. The molecule has 1 aromatic rings. The van der Waals surface area contributed by atoms with Gasteiger partial charge in [-0.05, 0) is 44.2 Å². The third-order valence-corrected chi connectivity index (χ3v) is 7.33. The highest BCUT2D eigenvalue weighted by molar-refractivity contribution is 6.31. The van der Waals surface area contributed by atoms with E-state index in [1.165, 1.54) is 0 Å². The summed E-state index contributed by atoms with van der Waals surface area (Å²) in [5, 5.41) is 12.3. The van der Waals surface area contributed by atoms with Gasteiger partial charge in [0.25, 0.3) is 0 Å². The van der Waals surface area contributed by atoms with Crippen LogP contribution in [-0.2, 0) is 20.9 Å². The van der Waals surface area contributed by atoms with Gasteiger partial charge >= 0.3 is 5.97 Å². The molecule has 29 heavy (non-hydrogen) atoms. The molecule has 2 heterocycles. The second kappa shape index (κ2) is 7.17. The van der Waals surface area contributed by atoms with Gasteiger partial charge in [-0.3, -0.25) is 9.59 Å². The lowest BCUT2D eigenvalue weighted by Crippen LogP contribution is -2.40. The number of fused-ring (bicyclic) bond motifs is 2.